The van der Waals surface area contributed by atoms with Gasteiger partial charge in [0.25, 0.3) is 0 Å². The molecule has 38 heavy (non-hydrogen) atoms. The van der Waals surface area contributed by atoms with E-state index in [0.717, 1.165) is 67.1 Å². The van der Waals surface area contributed by atoms with Gasteiger partial charge in [-0.1, -0.05) is 0 Å². The molecule has 1 saturated carbocycles. The fraction of sp³-hybridized carbons (Fsp3) is 0.500. The highest BCUT2D eigenvalue weighted by atomic mass is 16.6. The number of fused-ring (bicyclic) bond motifs is 1. The monoisotopic (exact) mass is 517 g/mol. The summed E-state index contributed by atoms with van der Waals surface area (Å²) in [4.78, 5) is 35.7. The molecule has 0 atom stereocenters. The molecule has 0 unspecified atom stereocenters. The van der Waals surface area contributed by atoms with Crippen LogP contribution in [0.25, 0.3) is 11.0 Å². The van der Waals surface area contributed by atoms with E-state index in [0.29, 0.717) is 6.04 Å². The van der Waals surface area contributed by atoms with Crippen LogP contribution in [0.3, 0.4) is 0 Å². The van der Waals surface area contributed by atoms with Crippen LogP contribution in [0.5, 0.6) is 0 Å². The van der Waals surface area contributed by atoms with Crippen molar-refractivity contribution in [1.82, 2.24) is 14.5 Å². The first-order chi connectivity index (χ1) is 18.0. The normalized spacial score (nSPS) is 19.8. The van der Waals surface area contributed by atoms with Crippen molar-refractivity contribution >= 4 is 34.4 Å². The number of pyridine rings is 1. The van der Waals surface area contributed by atoms with Gasteiger partial charge >= 0.3 is 6.09 Å². The number of hydrogen-bond acceptors (Lipinski definition) is 6. The maximum Gasteiger partial charge on any atom is 0.410 e. The maximum atomic E-state index is 12.5. The highest BCUT2D eigenvalue weighted by molar-refractivity contribution is 5.94. The Hall–Kier alpha value is -3.55. The van der Waals surface area contributed by atoms with Gasteiger partial charge in [0.05, 0.1) is 0 Å². The molecule has 0 spiro atoms. The van der Waals surface area contributed by atoms with Crippen LogP contribution in [0, 0.1) is 6.92 Å². The SMILES string of the molecule is CC(=O)c1ccc(N2CCN(c3ccc4cc(C)n(C5CC(N(C)C(=O)OC(C)(C)C)C5)c4n3)CC2)cc1. The van der Waals surface area contributed by atoms with Gasteiger partial charge in [-0.3, -0.25) is 4.79 Å². The Morgan fingerprint density at radius 1 is 0.974 bits per heavy atom. The van der Waals surface area contributed by atoms with E-state index in [-0.39, 0.29) is 17.9 Å². The molecule has 1 amide bonds. The summed E-state index contributed by atoms with van der Waals surface area (Å²) in [6, 6.07) is 14.9. The smallest absolute Gasteiger partial charge is 0.410 e. The third kappa shape index (κ3) is 5.22. The Morgan fingerprint density at radius 3 is 2.21 bits per heavy atom. The van der Waals surface area contributed by atoms with Crippen molar-refractivity contribution in [3.63, 3.8) is 0 Å². The number of rotatable bonds is 5. The summed E-state index contributed by atoms with van der Waals surface area (Å²) in [6.07, 6.45) is 1.53. The van der Waals surface area contributed by atoms with Gasteiger partial charge in [-0.25, -0.2) is 9.78 Å². The van der Waals surface area contributed by atoms with Crippen molar-refractivity contribution in [2.24, 2.45) is 0 Å². The summed E-state index contributed by atoms with van der Waals surface area (Å²) in [5.74, 6) is 1.10. The number of carbonyl (C=O) groups is 2. The van der Waals surface area contributed by atoms with Crippen molar-refractivity contribution in [1.29, 1.82) is 0 Å². The summed E-state index contributed by atoms with van der Waals surface area (Å²) in [7, 11) is 1.84. The zero-order chi connectivity index (χ0) is 27.2. The molecule has 0 N–H and O–H groups in total. The largest absolute Gasteiger partial charge is 0.444 e. The number of hydrogen-bond donors (Lipinski definition) is 0. The van der Waals surface area contributed by atoms with E-state index in [1.807, 2.05) is 52.1 Å². The van der Waals surface area contributed by atoms with Gasteiger partial charge in [0.1, 0.15) is 17.1 Å². The standard InChI is InChI=1S/C30H39N5O3/c1-20-17-23-9-12-27(34-15-13-33(14-16-34)24-10-7-22(8-11-24)21(2)36)31-28(23)35(20)26-18-25(19-26)32(6)29(37)38-30(3,4)5/h7-12,17,25-26H,13-16,18-19H2,1-6H3. The number of nitrogens with zero attached hydrogens (tertiary/aromatic N) is 5. The molecule has 3 aromatic rings. The molecular weight excluding hydrogens is 478 g/mol. The number of carbonyl (C=O) groups excluding carboxylic acids is 2. The first-order valence-electron chi connectivity index (χ1n) is 13.6. The van der Waals surface area contributed by atoms with E-state index in [9.17, 15) is 9.59 Å². The van der Waals surface area contributed by atoms with Crippen molar-refractivity contribution in [2.45, 2.75) is 65.1 Å². The predicted molar refractivity (Wildman–Crippen MR) is 151 cm³/mol. The first-order valence-corrected chi connectivity index (χ1v) is 13.6. The number of ketones is 1. The lowest BCUT2D eigenvalue weighted by Crippen LogP contribution is -2.48. The molecular formula is C30H39N5O3. The first kappa shape index (κ1) is 26.1. The number of aromatic nitrogens is 2. The zero-order valence-electron chi connectivity index (χ0n) is 23.4. The van der Waals surface area contributed by atoms with Crippen molar-refractivity contribution in [3.05, 3.63) is 53.7 Å². The van der Waals surface area contributed by atoms with Gasteiger partial charge in [0.2, 0.25) is 0 Å². The third-order valence-electron chi connectivity index (χ3n) is 7.79. The average molecular weight is 518 g/mol. The van der Waals surface area contributed by atoms with Crippen LogP contribution in [0.15, 0.2) is 42.5 Å². The van der Waals surface area contributed by atoms with Crippen LogP contribution in [-0.2, 0) is 4.74 Å². The number of amides is 1. The number of anilines is 2. The minimum atomic E-state index is -0.492. The number of Topliss-reactive ketones (excluding diaryl/α,β-unsaturated/α-hetero) is 1. The minimum Gasteiger partial charge on any atom is -0.444 e. The lowest BCUT2D eigenvalue weighted by molar-refractivity contribution is 0.00798. The number of aryl methyl sites for hydroxylation is 1. The van der Waals surface area contributed by atoms with Crippen LogP contribution in [0.2, 0.25) is 0 Å². The summed E-state index contributed by atoms with van der Waals surface area (Å²) in [6.45, 7) is 13.0. The molecule has 2 aliphatic rings. The Morgan fingerprint density at radius 2 is 1.61 bits per heavy atom. The van der Waals surface area contributed by atoms with Gasteiger partial charge < -0.3 is 24.0 Å². The summed E-state index contributed by atoms with van der Waals surface area (Å²) >= 11 is 0. The molecule has 2 fully saturated rings. The number of piperazine rings is 1. The second-order valence-electron chi connectivity index (χ2n) is 11.7. The van der Waals surface area contributed by atoms with Crippen LogP contribution in [0.4, 0.5) is 16.3 Å². The second kappa shape index (κ2) is 9.97. The van der Waals surface area contributed by atoms with Crippen molar-refractivity contribution < 1.29 is 14.3 Å². The number of ether oxygens (including phenoxy) is 1. The van der Waals surface area contributed by atoms with Crippen LogP contribution in [0.1, 0.15) is 62.6 Å². The van der Waals surface area contributed by atoms with Crippen molar-refractivity contribution in [2.75, 3.05) is 43.0 Å². The Labute approximate surface area is 225 Å². The fourth-order valence-electron chi connectivity index (χ4n) is 5.52. The van der Waals surface area contributed by atoms with Gasteiger partial charge in [-0.15, -0.1) is 0 Å². The molecule has 8 heteroatoms. The molecule has 1 aliphatic carbocycles. The topological polar surface area (TPSA) is 70.9 Å². The van der Waals surface area contributed by atoms with E-state index in [4.69, 9.17) is 9.72 Å². The quantitative estimate of drug-likeness (QED) is 0.420. The lowest BCUT2D eigenvalue weighted by Gasteiger charge is -2.42. The third-order valence-corrected chi connectivity index (χ3v) is 7.79. The Kier molecular flexibility index (Phi) is 6.84. The van der Waals surface area contributed by atoms with E-state index < -0.39 is 5.60 Å². The molecule has 5 rings (SSSR count). The Bertz CT molecular complexity index is 1330. The molecule has 2 aromatic heterocycles. The summed E-state index contributed by atoms with van der Waals surface area (Å²) in [5, 5.41) is 1.15. The van der Waals surface area contributed by atoms with E-state index >= 15 is 0 Å². The highest BCUT2D eigenvalue weighted by Gasteiger charge is 2.38. The fourth-order valence-corrected chi connectivity index (χ4v) is 5.52. The van der Waals surface area contributed by atoms with Crippen LogP contribution < -0.4 is 9.80 Å². The van der Waals surface area contributed by atoms with Crippen LogP contribution in [-0.4, -0.2) is 71.2 Å². The summed E-state index contributed by atoms with van der Waals surface area (Å²) < 4.78 is 7.91. The van der Waals surface area contributed by atoms with E-state index in [1.54, 1.807) is 11.8 Å². The maximum absolute atomic E-state index is 12.5. The van der Waals surface area contributed by atoms with Crippen molar-refractivity contribution in [3.8, 4) is 0 Å². The van der Waals surface area contributed by atoms with Gasteiger partial charge in [-0.2, -0.15) is 0 Å². The van der Waals surface area contributed by atoms with E-state index in [1.165, 1.54) is 5.69 Å². The van der Waals surface area contributed by atoms with Gasteiger partial charge in [0, 0.05) is 67.6 Å². The Balaban J connectivity index is 1.25. The number of benzene rings is 1. The lowest BCUT2D eigenvalue weighted by atomic mass is 9.85. The molecule has 0 bridgehead atoms. The molecule has 1 aromatic carbocycles. The second-order valence-corrected chi connectivity index (χ2v) is 11.7. The molecule has 0 radical (unpaired) electrons. The molecule has 202 valence electrons. The predicted octanol–water partition coefficient (Wildman–Crippen LogP) is 5.44. The van der Waals surface area contributed by atoms with Gasteiger partial charge in [0.15, 0.2) is 5.78 Å². The van der Waals surface area contributed by atoms with E-state index in [2.05, 4.69) is 39.5 Å². The molecule has 1 aliphatic heterocycles. The highest BCUT2D eigenvalue weighted by Crippen LogP contribution is 2.39. The van der Waals surface area contributed by atoms with Gasteiger partial charge in [-0.05, 0) is 89.9 Å². The molecule has 8 nitrogen and oxygen atoms in total. The average Bonchev–Trinajstić information content (AvgIpc) is 3.17. The summed E-state index contributed by atoms with van der Waals surface area (Å²) in [5.41, 5.74) is 3.63. The molecule has 3 heterocycles. The van der Waals surface area contributed by atoms with Crippen LogP contribution >= 0.6 is 0 Å². The molecule has 1 saturated heterocycles. The zero-order valence-corrected chi connectivity index (χ0v) is 23.4. The minimum absolute atomic E-state index is 0.0929.